The molecule has 0 radical (unpaired) electrons. The van der Waals surface area contributed by atoms with Crippen LogP contribution in [-0.4, -0.2) is 14.5 Å². The highest BCUT2D eigenvalue weighted by molar-refractivity contribution is 7.84. The molecule has 15 heavy (non-hydrogen) atoms. The van der Waals surface area contributed by atoms with Gasteiger partial charge in [-0.05, 0) is 26.0 Å². The van der Waals surface area contributed by atoms with Crippen LogP contribution in [0.2, 0.25) is 0 Å². The molecule has 0 aliphatic heterocycles. The molecule has 0 aliphatic carbocycles. The Kier molecular flexibility index (Phi) is 3.54. The van der Waals surface area contributed by atoms with Gasteiger partial charge in [0, 0.05) is 0 Å². The van der Waals surface area contributed by atoms with E-state index < -0.39 is 10.3 Å². The molecule has 6 heteroatoms. The Morgan fingerprint density at radius 2 is 1.73 bits per heavy atom. The Balaban J connectivity index is 2.96. The van der Waals surface area contributed by atoms with E-state index >= 15 is 0 Å². The number of ether oxygens (including phenoxy) is 1. The van der Waals surface area contributed by atoms with Crippen LogP contribution >= 0.6 is 0 Å². The van der Waals surface area contributed by atoms with Crippen LogP contribution in [0.1, 0.15) is 13.8 Å². The van der Waals surface area contributed by atoms with Gasteiger partial charge in [0.05, 0.1) is 6.10 Å². The largest absolute Gasteiger partial charge is 0.487 e. The average molecular weight is 231 g/mol. The van der Waals surface area contributed by atoms with Gasteiger partial charge in [-0.25, -0.2) is 0 Å². The lowest BCUT2D eigenvalue weighted by Gasteiger charge is -2.13. The molecule has 84 valence electrons. The summed E-state index contributed by atoms with van der Waals surface area (Å²) in [7, 11) is -4.02. The van der Waals surface area contributed by atoms with Crippen LogP contribution in [0.25, 0.3) is 0 Å². The van der Waals surface area contributed by atoms with Crippen molar-refractivity contribution in [2.75, 3.05) is 0 Å². The predicted octanol–water partition coefficient (Wildman–Crippen LogP) is 1.06. The summed E-state index contributed by atoms with van der Waals surface area (Å²) in [6, 6.07) is 6.43. The molecule has 1 rings (SSSR count). The van der Waals surface area contributed by atoms with Crippen LogP contribution in [0.3, 0.4) is 0 Å². The highest BCUT2D eigenvalue weighted by Crippen LogP contribution is 2.27. The zero-order chi connectivity index (χ0) is 11.5. The minimum atomic E-state index is -4.02. The minimum Gasteiger partial charge on any atom is -0.487 e. The first-order valence-corrected chi connectivity index (χ1v) is 5.83. The van der Waals surface area contributed by atoms with Gasteiger partial charge in [0.1, 0.15) is 0 Å². The normalized spacial score (nSPS) is 11.5. The predicted molar refractivity (Wildman–Crippen MR) is 55.9 cm³/mol. The van der Waals surface area contributed by atoms with Crippen LogP contribution in [0, 0.1) is 0 Å². The van der Waals surface area contributed by atoms with Crippen LogP contribution < -0.4 is 14.1 Å². The molecule has 2 N–H and O–H groups in total. The first kappa shape index (κ1) is 11.8. The van der Waals surface area contributed by atoms with Crippen molar-refractivity contribution in [2.24, 2.45) is 5.14 Å². The smallest absolute Gasteiger partial charge is 0.380 e. The van der Waals surface area contributed by atoms with Crippen LogP contribution in [0.15, 0.2) is 24.3 Å². The summed E-state index contributed by atoms with van der Waals surface area (Å²) in [5, 5.41) is 4.76. The Morgan fingerprint density at radius 1 is 1.20 bits per heavy atom. The third-order valence-corrected chi connectivity index (χ3v) is 1.83. The molecule has 0 amide bonds. The molecule has 5 nitrogen and oxygen atoms in total. The van der Waals surface area contributed by atoms with Gasteiger partial charge in [0.2, 0.25) is 0 Å². The van der Waals surface area contributed by atoms with Crippen LogP contribution in [-0.2, 0) is 10.3 Å². The first-order valence-electron chi connectivity index (χ1n) is 4.36. The second kappa shape index (κ2) is 4.50. The lowest BCUT2D eigenvalue weighted by atomic mass is 10.3. The summed E-state index contributed by atoms with van der Waals surface area (Å²) in [5.74, 6) is 0.440. The third-order valence-electron chi connectivity index (χ3n) is 1.42. The summed E-state index contributed by atoms with van der Waals surface area (Å²) < 4.78 is 31.4. The van der Waals surface area contributed by atoms with Crippen molar-refractivity contribution in [1.82, 2.24) is 0 Å². The van der Waals surface area contributed by atoms with Crippen molar-refractivity contribution >= 4 is 10.3 Å². The van der Waals surface area contributed by atoms with E-state index in [1.807, 2.05) is 13.8 Å². The molecule has 1 aromatic rings. The number of rotatable bonds is 4. The van der Waals surface area contributed by atoms with E-state index in [0.29, 0.717) is 5.75 Å². The lowest BCUT2D eigenvalue weighted by molar-refractivity contribution is 0.236. The molecule has 0 saturated heterocycles. The van der Waals surface area contributed by atoms with Gasteiger partial charge in [-0.3, -0.25) is 0 Å². The number of benzene rings is 1. The van der Waals surface area contributed by atoms with E-state index in [1.165, 1.54) is 6.07 Å². The van der Waals surface area contributed by atoms with Gasteiger partial charge in [0.15, 0.2) is 11.5 Å². The van der Waals surface area contributed by atoms with Gasteiger partial charge in [-0.15, -0.1) is 0 Å². The monoisotopic (exact) mass is 231 g/mol. The minimum absolute atomic E-state index is 0.0739. The van der Waals surface area contributed by atoms with Crippen molar-refractivity contribution in [3.63, 3.8) is 0 Å². The molecule has 0 aromatic heterocycles. The second-order valence-electron chi connectivity index (χ2n) is 3.19. The number of nitrogens with two attached hydrogens (primary N) is 1. The van der Waals surface area contributed by atoms with Gasteiger partial charge < -0.3 is 8.92 Å². The van der Waals surface area contributed by atoms with Gasteiger partial charge >= 0.3 is 10.3 Å². The third kappa shape index (κ3) is 4.18. The number of hydrogen-bond donors (Lipinski definition) is 1. The standard InChI is InChI=1S/C9H13NO4S/c1-7(2)13-8-5-3-4-6-9(8)14-15(10,11)12/h3-7H,1-2H3,(H2,10,11,12). The summed E-state index contributed by atoms with van der Waals surface area (Å²) in [5.41, 5.74) is 0. The van der Waals surface area contributed by atoms with E-state index in [9.17, 15) is 8.42 Å². The molecule has 0 bridgehead atoms. The Bertz CT molecular complexity index is 427. The Labute approximate surface area is 89.1 Å². The first-order chi connectivity index (χ1) is 6.88. The zero-order valence-electron chi connectivity index (χ0n) is 8.51. The van der Waals surface area contributed by atoms with Crippen molar-refractivity contribution in [2.45, 2.75) is 20.0 Å². The molecule has 0 unspecified atom stereocenters. The molecular weight excluding hydrogens is 218 g/mol. The molecule has 0 heterocycles. The number of para-hydroxylation sites is 2. The van der Waals surface area contributed by atoms with E-state index in [1.54, 1.807) is 18.2 Å². The molecule has 0 spiro atoms. The summed E-state index contributed by atoms with van der Waals surface area (Å²) in [6.45, 7) is 3.65. The van der Waals surface area contributed by atoms with Crippen molar-refractivity contribution in [3.05, 3.63) is 24.3 Å². The topological polar surface area (TPSA) is 78.6 Å². The molecule has 1 aromatic carbocycles. The van der Waals surface area contributed by atoms with Gasteiger partial charge in [-0.2, -0.15) is 13.6 Å². The van der Waals surface area contributed by atoms with E-state index in [4.69, 9.17) is 9.88 Å². The summed E-state index contributed by atoms with van der Waals surface area (Å²) >= 11 is 0. The SMILES string of the molecule is CC(C)Oc1ccccc1OS(N)(=O)=O. The highest BCUT2D eigenvalue weighted by Gasteiger charge is 2.11. The van der Waals surface area contributed by atoms with Crippen molar-refractivity contribution in [1.29, 1.82) is 0 Å². The van der Waals surface area contributed by atoms with Gasteiger partial charge in [-0.1, -0.05) is 12.1 Å². The number of hydrogen-bond acceptors (Lipinski definition) is 4. The van der Waals surface area contributed by atoms with E-state index in [0.717, 1.165) is 0 Å². The summed E-state index contributed by atoms with van der Waals surface area (Å²) in [4.78, 5) is 0. The molecule has 0 atom stereocenters. The van der Waals surface area contributed by atoms with Crippen LogP contribution in [0.5, 0.6) is 11.5 Å². The fraction of sp³-hybridized carbons (Fsp3) is 0.333. The maximum atomic E-state index is 10.7. The Hall–Kier alpha value is -1.27. The Morgan fingerprint density at radius 3 is 2.20 bits per heavy atom. The quantitative estimate of drug-likeness (QED) is 0.840. The lowest BCUT2D eigenvalue weighted by Crippen LogP contribution is -2.19. The fourth-order valence-corrected chi connectivity index (χ4v) is 1.38. The van der Waals surface area contributed by atoms with E-state index in [-0.39, 0.29) is 11.9 Å². The maximum Gasteiger partial charge on any atom is 0.380 e. The molecule has 0 fully saturated rings. The van der Waals surface area contributed by atoms with Crippen molar-refractivity contribution < 1.29 is 17.3 Å². The van der Waals surface area contributed by atoms with Crippen LogP contribution in [0.4, 0.5) is 0 Å². The zero-order valence-corrected chi connectivity index (χ0v) is 9.32. The molecule has 0 saturated carbocycles. The summed E-state index contributed by atoms with van der Waals surface area (Å²) in [6.07, 6.45) is -0.0739. The van der Waals surface area contributed by atoms with Gasteiger partial charge in [0.25, 0.3) is 0 Å². The van der Waals surface area contributed by atoms with Crippen molar-refractivity contribution in [3.8, 4) is 11.5 Å². The highest BCUT2D eigenvalue weighted by atomic mass is 32.2. The second-order valence-corrected chi connectivity index (χ2v) is 4.34. The fourth-order valence-electron chi connectivity index (χ4n) is 0.995. The molecule has 0 aliphatic rings. The van der Waals surface area contributed by atoms with E-state index in [2.05, 4.69) is 4.18 Å². The molecular formula is C9H13NO4S. The average Bonchev–Trinajstić information content (AvgIpc) is 2.05. The maximum absolute atomic E-state index is 10.7.